The first-order valence-corrected chi connectivity index (χ1v) is 6.70. The first-order valence-electron chi connectivity index (χ1n) is 6.70. The van der Waals surface area contributed by atoms with Crippen LogP contribution in [0.2, 0.25) is 0 Å². The number of rotatable bonds is 5. The summed E-state index contributed by atoms with van der Waals surface area (Å²) >= 11 is 0. The maximum absolute atomic E-state index is 5.72. The molecule has 3 rings (SSSR count). The topological polar surface area (TPSA) is 53.5 Å². The predicted octanol–water partition coefficient (Wildman–Crippen LogP) is 4.07. The molecule has 0 unspecified atom stereocenters. The van der Waals surface area contributed by atoms with E-state index in [2.05, 4.69) is 9.97 Å². The van der Waals surface area contributed by atoms with E-state index >= 15 is 0 Å². The Morgan fingerprint density at radius 2 is 1.27 bits per heavy atom. The van der Waals surface area contributed by atoms with Gasteiger partial charge in [0.1, 0.15) is 23.6 Å². The number of nitrogens with zero attached hydrogens (tertiary/aromatic N) is 2. The molecule has 5 heteroatoms. The lowest BCUT2D eigenvalue weighted by Crippen LogP contribution is -1.92. The lowest BCUT2D eigenvalue weighted by Gasteiger charge is -2.08. The molecule has 5 nitrogen and oxygen atoms in total. The largest absolute Gasteiger partial charge is 0.481 e. The van der Waals surface area contributed by atoms with Gasteiger partial charge in [0, 0.05) is 0 Å². The third kappa shape index (κ3) is 3.52. The Morgan fingerprint density at radius 1 is 0.682 bits per heavy atom. The Bertz CT molecular complexity index is 730. The van der Waals surface area contributed by atoms with Crippen molar-refractivity contribution in [2.24, 2.45) is 0 Å². The molecule has 0 saturated carbocycles. The van der Waals surface area contributed by atoms with Crippen molar-refractivity contribution < 1.29 is 14.2 Å². The van der Waals surface area contributed by atoms with Crippen molar-refractivity contribution in [1.29, 1.82) is 0 Å². The molecule has 0 spiro atoms. The van der Waals surface area contributed by atoms with Gasteiger partial charge in [-0.3, -0.25) is 0 Å². The van der Waals surface area contributed by atoms with Gasteiger partial charge in [-0.2, -0.15) is 0 Å². The van der Waals surface area contributed by atoms with Crippen LogP contribution < -0.4 is 14.2 Å². The molecule has 0 aliphatic heterocycles. The fourth-order valence-corrected chi connectivity index (χ4v) is 1.81. The van der Waals surface area contributed by atoms with E-state index in [1.165, 1.54) is 6.33 Å². The van der Waals surface area contributed by atoms with Gasteiger partial charge < -0.3 is 14.2 Å². The summed E-state index contributed by atoms with van der Waals surface area (Å²) in [7, 11) is 1.54. The van der Waals surface area contributed by atoms with Crippen molar-refractivity contribution in [2.75, 3.05) is 7.11 Å². The molecule has 0 aliphatic carbocycles. The van der Waals surface area contributed by atoms with Gasteiger partial charge in [0.05, 0.1) is 13.2 Å². The van der Waals surface area contributed by atoms with E-state index in [0.29, 0.717) is 17.5 Å². The Balaban J connectivity index is 1.68. The summed E-state index contributed by atoms with van der Waals surface area (Å²) < 4.78 is 16.4. The molecule has 22 heavy (non-hydrogen) atoms. The highest BCUT2D eigenvalue weighted by molar-refractivity contribution is 5.36. The van der Waals surface area contributed by atoms with Crippen LogP contribution in [-0.2, 0) is 0 Å². The van der Waals surface area contributed by atoms with E-state index < -0.39 is 0 Å². The van der Waals surface area contributed by atoms with E-state index in [1.807, 2.05) is 54.6 Å². The average Bonchev–Trinajstić information content (AvgIpc) is 2.58. The highest BCUT2D eigenvalue weighted by Gasteiger charge is 2.03. The van der Waals surface area contributed by atoms with Gasteiger partial charge in [0.2, 0.25) is 11.8 Å². The molecule has 1 aromatic heterocycles. The minimum atomic E-state index is 0.420. The zero-order chi connectivity index (χ0) is 15.2. The number of methoxy groups -OCH3 is 1. The van der Waals surface area contributed by atoms with Crippen molar-refractivity contribution in [2.45, 2.75) is 0 Å². The van der Waals surface area contributed by atoms with Crippen LogP contribution in [0, 0.1) is 0 Å². The molecule has 3 aromatic rings. The van der Waals surface area contributed by atoms with Crippen LogP contribution in [0.3, 0.4) is 0 Å². The molecule has 0 radical (unpaired) electrons. The fraction of sp³-hybridized carbons (Fsp3) is 0.0588. The molecular weight excluding hydrogens is 280 g/mol. The summed E-state index contributed by atoms with van der Waals surface area (Å²) in [5, 5.41) is 0. The van der Waals surface area contributed by atoms with Gasteiger partial charge in [-0.05, 0) is 36.4 Å². The summed E-state index contributed by atoms with van der Waals surface area (Å²) in [6.45, 7) is 0. The van der Waals surface area contributed by atoms with Crippen LogP contribution in [-0.4, -0.2) is 17.1 Å². The second kappa shape index (κ2) is 6.58. The third-order valence-electron chi connectivity index (χ3n) is 2.85. The smallest absolute Gasteiger partial charge is 0.226 e. The second-order valence-corrected chi connectivity index (χ2v) is 4.39. The minimum Gasteiger partial charge on any atom is -0.481 e. The molecule has 0 fully saturated rings. The Hall–Kier alpha value is -3.08. The average molecular weight is 294 g/mol. The molecule has 0 saturated heterocycles. The SMILES string of the molecule is COc1cc(Oc2ccc(Oc3ccccc3)cc2)ncn1. The van der Waals surface area contributed by atoms with E-state index in [4.69, 9.17) is 14.2 Å². The molecule has 0 N–H and O–H groups in total. The Morgan fingerprint density at radius 3 is 1.95 bits per heavy atom. The van der Waals surface area contributed by atoms with Gasteiger partial charge >= 0.3 is 0 Å². The molecule has 0 bridgehead atoms. The van der Waals surface area contributed by atoms with E-state index in [-0.39, 0.29) is 0 Å². The van der Waals surface area contributed by atoms with Gasteiger partial charge in [-0.15, -0.1) is 0 Å². The van der Waals surface area contributed by atoms with Crippen molar-refractivity contribution >= 4 is 0 Å². The molecule has 0 aliphatic rings. The van der Waals surface area contributed by atoms with Crippen LogP contribution in [0.15, 0.2) is 67.0 Å². The van der Waals surface area contributed by atoms with Crippen molar-refractivity contribution in [3.05, 3.63) is 67.0 Å². The zero-order valence-corrected chi connectivity index (χ0v) is 12.0. The van der Waals surface area contributed by atoms with Crippen LogP contribution in [0.4, 0.5) is 0 Å². The van der Waals surface area contributed by atoms with E-state index in [0.717, 1.165) is 11.5 Å². The molecule has 110 valence electrons. The first-order chi connectivity index (χ1) is 10.8. The van der Waals surface area contributed by atoms with Crippen LogP contribution in [0.25, 0.3) is 0 Å². The molecular formula is C17H14N2O3. The Labute approximate surface area is 128 Å². The van der Waals surface area contributed by atoms with Crippen molar-refractivity contribution in [3.63, 3.8) is 0 Å². The van der Waals surface area contributed by atoms with Crippen LogP contribution in [0.1, 0.15) is 0 Å². The summed E-state index contributed by atoms with van der Waals surface area (Å²) in [6, 6.07) is 18.5. The quantitative estimate of drug-likeness (QED) is 0.710. The van der Waals surface area contributed by atoms with Crippen molar-refractivity contribution in [3.8, 4) is 29.0 Å². The highest BCUT2D eigenvalue weighted by Crippen LogP contribution is 2.26. The van der Waals surface area contributed by atoms with E-state index in [9.17, 15) is 0 Å². The van der Waals surface area contributed by atoms with Crippen LogP contribution in [0.5, 0.6) is 29.0 Å². The fourth-order valence-electron chi connectivity index (χ4n) is 1.81. The Kier molecular flexibility index (Phi) is 4.15. The number of hydrogen-bond donors (Lipinski definition) is 0. The highest BCUT2D eigenvalue weighted by atomic mass is 16.5. The molecule has 2 aromatic carbocycles. The van der Waals surface area contributed by atoms with E-state index in [1.54, 1.807) is 13.2 Å². The zero-order valence-electron chi connectivity index (χ0n) is 12.0. The third-order valence-corrected chi connectivity index (χ3v) is 2.85. The number of para-hydroxylation sites is 1. The summed E-state index contributed by atoms with van der Waals surface area (Å²) in [5.41, 5.74) is 0. The maximum Gasteiger partial charge on any atom is 0.226 e. The predicted molar refractivity (Wildman–Crippen MR) is 81.6 cm³/mol. The molecule has 1 heterocycles. The maximum atomic E-state index is 5.72. The second-order valence-electron chi connectivity index (χ2n) is 4.39. The lowest BCUT2D eigenvalue weighted by atomic mass is 10.3. The van der Waals surface area contributed by atoms with Gasteiger partial charge in [0.25, 0.3) is 0 Å². The van der Waals surface area contributed by atoms with Crippen LogP contribution >= 0.6 is 0 Å². The summed E-state index contributed by atoms with van der Waals surface area (Å²) in [4.78, 5) is 7.96. The number of benzene rings is 2. The number of hydrogen-bond acceptors (Lipinski definition) is 5. The number of aromatic nitrogens is 2. The lowest BCUT2D eigenvalue weighted by molar-refractivity contribution is 0.387. The first kappa shape index (κ1) is 13.9. The minimum absolute atomic E-state index is 0.420. The normalized spacial score (nSPS) is 10.0. The molecule has 0 atom stereocenters. The van der Waals surface area contributed by atoms with Gasteiger partial charge in [0.15, 0.2) is 0 Å². The standard InChI is InChI=1S/C17H14N2O3/c1-20-16-11-17(19-12-18-16)22-15-9-7-14(8-10-15)21-13-5-3-2-4-6-13/h2-12H,1H3. The molecule has 0 amide bonds. The summed E-state index contributed by atoms with van der Waals surface area (Å²) in [5.74, 6) is 3.05. The van der Waals surface area contributed by atoms with Gasteiger partial charge in [-0.25, -0.2) is 9.97 Å². The monoisotopic (exact) mass is 294 g/mol. The van der Waals surface area contributed by atoms with Crippen molar-refractivity contribution in [1.82, 2.24) is 9.97 Å². The van der Waals surface area contributed by atoms with Gasteiger partial charge in [-0.1, -0.05) is 18.2 Å². The summed E-state index contributed by atoms with van der Waals surface area (Å²) in [6.07, 6.45) is 1.39. The number of ether oxygens (including phenoxy) is 3.